The zero-order valence-electron chi connectivity index (χ0n) is 25.7. The Morgan fingerprint density at radius 2 is 1.70 bits per heavy atom. The van der Waals surface area contributed by atoms with Crippen molar-refractivity contribution in [1.82, 2.24) is 5.32 Å². The van der Waals surface area contributed by atoms with Gasteiger partial charge in [-0.05, 0) is 70.6 Å². The molecule has 236 valence electrons. The third-order valence-corrected chi connectivity index (χ3v) is 7.85. The zero-order chi connectivity index (χ0) is 32.2. The number of hydrogen-bond donors (Lipinski definition) is 2. The first-order valence-corrected chi connectivity index (χ1v) is 15.2. The molecule has 2 atom stereocenters. The fourth-order valence-corrected chi connectivity index (χ4v) is 5.47. The second-order valence-electron chi connectivity index (χ2n) is 10.9. The lowest BCUT2D eigenvalue weighted by atomic mass is 9.80. The summed E-state index contributed by atoms with van der Waals surface area (Å²) in [6, 6.07) is 32.3. The molecule has 1 heterocycles. The van der Waals surface area contributed by atoms with Gasteiger partial charge < -0.3 is 24.6 Å². The van der Waals surface area contributed by atoms with Gasteiger partial charge in [0, 0.05) is 36.5 Å². The van der Waals surface area contributed by atoms with Crippen LogP contribution in [0.3, 0.4) is 0 Å². The summed E-state index contributed by atoms with van der Waals surface area (Å²) in [6.07, 6.45) is 0.609. The number of ether oxygens (including phenoxy) is 3. The average Bonchev–Trinajstić information content (AvgIpc) is 3.48. The Morgan fingerprint density at radius 1 is 0.978 bits per heavy atom. The van der Waals surface area contributed by atoms with Crippen LogP contribution in [0.25, 0.3) is 10.4 Å². The topological polar surface area (TPSA) is 138 Å². The van der Waals surface area contributed by atoms with E-state index in [0.717, 1.165) is 28.0 Å². The van der Waals surface area contributed by atoms with Crippen LogP contribution < -0.4 is 14.8 Å². The number of amides is 1. The molecule has 10 heteroatoms. The van der Waals surface area contributed by atoms with E-state index < -0.39 is 11.6 Å². The second-order valence-corrected chi connectivity index (χ2v) is 10.9. The fraction of sp³-hybridized carbons (Fsp3) is 0.278. The lowest BCUT2D eigenvalue weighted by Gasteiger charge is -2.32. The molecule has 0 saturated heterocycles. The van der Waals surface area contributed by atoms with Crippen LogP contribution in [0.1, 0.15) is 40.3 Å². The summed E-state index contributed by atoms with van der Waals surface area (Å²) < 4.78 is 17.6. The van der Waals surface area contributed by atoms with Crippen molar-refractivity contribution < 1.29 is 24.1 Å². The lowest BCUT2D eigenvalue weighted by Crippen LogP contribution is -2.50. The molecule has 4 aromatic rings. The van der Waals surface area contributed by atoms with Crippen LogP contribution in [0.2, 0.25) is 0 Å². The van der Waals surface area contributed by atoms with Crippen molar-refractivity contribution in [2.24, 2.45) is 10.1 Å². The summed E-state index contributed by atoms with van der Waals surface area (Å²) in [6.45, 7) is 0.937. The Hall–Kier alpha value is -5.31. The number of nitrogens with zero attached hydrogens (tertiary/aromatic N) is 4. The minimum Gasteiger partial charge on any atom is -0.497 e. The highest BCUT2D eigenvalue weighted by Gasteiger charge is 2.53. The molecule has 46 heavy (non-hydrogen) atoms. The molecule has 10 nitrogen and oxygen atoms in total. The molecule has 0 aromatic heterocycles. The molecule has 2 N–H and O–H groups in total. The molecule has 1 aliphatic heterocycles. The SMILES string of the molecule is COc1ccc(CCNC(=O)[C@]2(Cc3ccccc3)N=C(c3ccc(OCCCO)cc3)O[C@@H]2c2ccccc2CN=[N+]=[N-])cc1. The predicted molar refractivity (Wildman–Crippen MR) is 176 cm³/mol. The number of azide groups is 1. The quantitative estimate of drug-likeness (QED) is 0.0714. The summed E-state index contributed by atoms with van der Waals surface area (Å²) in [5, 5.41) is 16.0. The monoisotopic (exact) mass is 619 g/mol. The van der Waals surface area contributed by atoms with E-state index in [-0.39, 0.29) is 25.5 Å². The highest BCUT2D eigenvalue weighted by Crippen LogP contribution is 2.43. The van der Waals surface area contributed by atoms with Gasteiger partial charge in [-0.25, -0.2) is 4.99 Å². The van der Waals surface area contributed by atoms with E-state index >= 15 is 0 Å². The lowest BCUT2D eigenvalue weighted by molar-refractivity contribution is -0.128. The molecule has 1 aliphatic rings. The first-order valence-electron chi connectivity index (χ1n) is 15.2. The van der Waals surface area contributed by atoms with Gasteiger partial charge in [-0.15, -0.1) is 0 Å². The molecule has 0 unspecified atom stereocenters. The van der Waals surface area contributed by atoms with Gasteiger partial charge in [-0.3, -0.25) is 4.79 Å². The molecule has 0 fully saturated rings. The summed E-state index contributed by atoms with van der Waals surface area (Å²) in [7, 11) is 1.63. The predicted octanol–water partition coefficient (Wildman–Crippen LogP) is 6.13. The fourth-order valence-electron chi connectivity index (χ4n) is 5.47. The molecule has 0 aliphatic carbocycles. The number of aliphatic hydroxyl groups is 1. The first kappa shape index (κ1) is 32.1. The van der Waals surface area contributed by atoms with E-state index in [2.05, 4.69) is 15.3 Å². The van der Waals surface area contributed by atoms with Gasteiger partial charge in [0.05, 0.1) is 20.3 Å². The molecule has 4 aromatic carbocycles. The maximum absolute atomic E-state index is 14.5. The van der Waals surface area contributed by atoms with Crippen LogP contribution >= 0.6 is 0 Å². The summed E-state index contributed by atoms with van der Waals surface area (Å²) in [4.78, 5) is 22.6. The van der Waals surface area contributed by atoms with E-state index in [1.54, 1.807) is 7.11 Å². The zero-order valence-corrected chi connectivity index (χ0v) is 25.7. The Labute approximate surface area is 268 Å². The summed E-state index contributed by atoms with van der Waals surface area (Å²) in [5.41, 5.74) is 11.8. The van der Waals surface area contributed by atoms with Crippen molar-refractivity contribution >= 4 is 11.8 Å². The molecular weight excluding hydrogens is 582 g/mol. The number of aliphatic hydroxyl groups excluding tert-OH is 1. The van der Waals surface area contributed by atoms with Crippen LogP contribution in [-0.4, -0.2) is 49.3 Å². The third-order valence-electron chi connectivity index (χ3n) is 7.85. The Balaban J connectivity index is 1.53. The smallest absolute Gasteiger partial charge is 0.252 e. The Kier molecular flexibility index (Phi) is 10.9. The number of benzene rings is 4. The molecule has 5 rings (SSSR count). The highest BCUT2D eigenvalue weighted by atomic mass is 16.5. The Bertz CT molecular complexity index is 1670. The number of carbonyl (C=O) groups is 1. The minimum absolute atomic E-state index is 0.0525. The van der Waals surface area contributed by atoms with Gasteiger partial charge in [-0.2, -0.15) is 0 Å². The van der Waals surface area contributed by atoms with Crippen molar-refractivity contribution in [1.29, 1.82) is 0 Å². The largest absolute Gasteiger partial charge is 0.497 e. The molecule has 0 bridgehead atoms. The van der Waals surface area contributed by atoms with Crippen LogP contribution in [0.15, 0.2) is 113 Å². The van der Waals surface area contributed by atoms with Crippen LogP contribution in [0.5, 0.6) is 11.5 Å². The van der Waals surface area contributed by atoms with Gasteiger partial charge in [0.2, 0.25) is 5.90 Å². The Morgan fingerprint density at radius 3 is 2.41 bits per heavy atom. The van der Waals surface area contributed by atoms with Crippen molar-refractivity contribution in [3.8, 4) is 11.5 Å². The van der Waals surface area contributed by atoms with E-state index in [0.29, 0.717) is 43.2 Å². The third kappa shape index (κ3) is 7.66. The maximum atomic E-state index is 14.5. The number of methoxy groups -OCH3 is 1. The van der Waals surface area contributed by atoms with Crippen LogP contribution in [0.4, 0.5) is 0 Å². The molecule has 0 saturated carbocycles. The van der Waals surface area contributed by atoms with Crippen molar-refractivity contribution in [3.05, 3.63) is 141 Å². The van der Waals surface area contributed by atoms with E-state index in [1.807, 2.05) is 103 Å². The number of rotatable bonds is 15. The van der Waals surface area contributed by atoms with E-state index in [4.69, 9.17) is 29.8 Å². The van der Waals surface area contributed by atoms with Crippen molar-refractivity contribution in [2.45, 2.75) is 37.5 Å². The van der Waals surface area contributed by atoms with Gasteiger partial charge in [0.1, 0.15) is 11.5 Å². The number of carbonyl (C=O) groups excluding carboxylic acids is 1. The highest BCUT2D eigenvalue weighted by molar-refractivity contribution is 6.01. The standard InChI is InChI=1S/C36H37N5O5/c1-44-30-16-12-26(13-17-30)20-21-38-35(43)36(24-27-8-3-2-4-9-27)33(32-11-6-5-10-29(32)25-39-41-37)46-34(40-36)28-14-18-31(19-15-28)45-23-7-22-42/h2-6,8-19,33,42H,7,20-25H2,1H3,(H,38,43)/t33-,36-/m1/s1. The number of nitrogens with one attached hydrogen (secondary N) is 1. The summed E-state index contributed by atoms with van der Waals surface area (Å²) >= 11 is 0. The molecule has 0 spiro atoms. The normalized spacial score (nSPS) is 16.9. The van der Waals surface area contributed by atoms with Crippen molar-refractivity contribution in [3.63, 3.8) is 0 Å². The molecule has 0 radical (unpaired) electrons. The van der Waals surface area contributed by atoms with Gasteiger partial charge >= 0.3 is 0 Å². The molecule has 1 amide bonds. The minimum atomic E-state index is -1.38. The van der Waals surface area contributed by atoms with Crippen LogP contribution in [-0.2, 0) is 28.9 Å². The second kappa shape index (κ2) is 15.6. The average molecular weight is 620 g/mol. The van der Waals surface area contributed by atoms with Gasteiger partial charge in [0.15, 0.2) is 11.6 Å². The maximum Gasteiger partial charge on any atom is 0.252 e. The first-order chi connectivity index (χ1) is 22.6. The van der Waals surface area contributed by atoms with Crippen molar-refractivity contribution in [2.75, 3.05) is 26.9 Å². The van der Waals surface area contributed by atoms with E-state index in [9.17, 15) is 4.79 Å². The van der Waals surface area contributed by atoms with E-state index in [1.165, 1.54) is 0 Å². The number of hydrogen-bond acceptors (Lipinski definition) is 7. The van der Waals surface area contributed by atoms with Gasteiger partial charge in [0.25, 0.3) is 5.91 Å². The molecular formula is C36H37N5O5. The number of aliphatic imine (C=N–C) groups is 1. The van der Waals surface area contributed by atoms with Gasteiger partial charge in [-0.1, -0.05) is 71.8 Å². The van der Waals surface area contributed by atoms with Crippen LogP contribution in [0, 0.1) is 0 Å². The summed E-state index contributed by atoms with van der Waals surface area (Å²) in [5.74, 6) is 1.48.